The van der Waals surface area contributed by atoms with Gasteiger partial charge in [0.1, 0.15) is 6.04 Å². The van der Waals surface area contributed by atoms with Gasteiger partial charge in [-0.15, -0.1) is 11.8 Å². The number of esters is 1. The van der Waals surface area contributed by atoms with Crippen molar-refractivity contribution in [3.63, 3.8) is 0 Å². The fraction of sp³-hybridized carbons (Fsp3) is 0.786. The molecule has 0 spiro atoms. The van der Waals surface area contributed by atoms with Crippen LogP contribution in [0.4, 0.5) is 0 Å². The molecule has 2 rings (SSSR count). The molecule has 0 radical (unpaired) electrons. The third kappa shape index (κ3) is 3.38. The van der Waals surface area contributed by atoms with Crippen molar-refractivity contribution in [2.24, 2.45) is 0 Å². The van der Waals surface area contributed by atoms with Gasteiger partial charge >= 0.3 is 5.97 Å². The Kier molecular flexibility index (Phi) is 5.33. The lowest BCUT2D eigenvalue weighted by atomic mass is 10.2. The van der Waals surface area contributed by atoms with Crippen LogP contribution in [0.3, 0.4) is 0 Å². The van der Waals surface area contributed by atoms with E-state index in [-0.39, 0.29) is 16.7 Å². The zero-order valence-electron chi connectivity index (χ0n) is 13.1. The summed E-state index contributed by atoms with van der Waals surface area (Å²) < 4.78 is 10.1. The average Bonchev–Trinajstić information content (AvgIpc) is 2.96. The van der Waals surface area contributed by atoms with Gasteiger partial charge in [-0.3, -0.25) is 9.59 Å². The van der Waals surface area contributed by atoms with Gasteiger partial charge in [0, 0.05) is 25.8 Å². The standard InChI is InChI=1S/C14H22N2O5S/c1-9(12(18)15-6-7-20-3)21-13(19)10-8-22-14(2)5-4-11(17)16(10)14/h9-10H,4-8H2,1-3H3,(H,15,18)/t9-,10-,14+/m1/s1. The molecule has 2 fully saturated rings. The van der Waals surface area contributed by atoms with E-state index in [1.165, 1.54) is 14.0 Å². The highest BCUT2D eigenvalue weighted by Crippen LogP contribution is 2.47. The number of amides is 2. The quantitative estimate of drug-likeness (QED) is 0.551. The number of hydrogen-bond donors (Lipinski definition) is 1. The van der Waals surface area contributed by atoms with E-state index in [4.69, 9.17) is 9.47 Å². The predicted molar refractivity (Wildman–Crippen MR) is 81.2 cm³/mol. The Bertz CT molecular complexity index is 472. The number of methoxy groups -OCH3 is 1. The molecule has 1 N–H and O–H groups in total. The average molecular weight is 330 g/mol. The Morgan fingerprint density at radius 3 is 2.95 bits per heavy atom. The third-order valence-electron chi connectivity index (χ3n) is 3.98. The number of fused-ring (bicyclic) bond motifs is 1. The summed E-state index contributed by atoms with van der Waals surface area (Å²) in [5, 5.41) is 2.61. The van der Waals surface area contributed by atoms with Gasteiger partial charge in [0.15, 0.2) is 6.10 Å². The summed E-state index contributed by atoms with van der Waals surface area (Å²) in [6.07, 6.45) is 0.312. The van der Waals surface area contributed by atoms with Gasteiger partial charge in [0.05, 0.1) is 11.5 Å². The maximum Gasteiger partial charge on any atom is 0.330 e. The molecule has 2 saturated heterocycles. The predicted octanol–water partition coefficient (Wildman–Crippen LogP) is 0.135. The highest BCUT2D eigenvalue weighted by molar-refractivity contribution is 8.01. The summed E-state index contributed by atoms with van der Waals surface area (Å²) in [5.41, 5.74) is 0. The van der Waals surface area contributed by atoms with Crippen molar-refractivity contribution in [1.29, 1.82) is 0 Å². The van der Waals surface area contributed by atoms with Gasteiger partial charge in [-0.25, -0.2) is 4.79 Å². The molecule has 0 aliphatic carbocycles. The van der Waals surface area contributed by atoms with Crippen molar-refractivity contribution in [2.45, 2.75) is 43.7 Å². The molecule has 0 aromatic rings. The van der Waals surface area contributed by atoms with E-state index >= 15 is 0 Å². The van der Waals surface area contributed by atoms with E-state index in [1.807, 2.05) is 6.92 Å². The number of carbonyl (C=O) groups is 3. The van der Waals surface area contributed by atoms with Crippen LogP contribution in [0.15, 0.2) is 0 Å². The molecular weight excluding hydrogens is 308 g/mol. The van der Waals surface area contributed by atoms with Crippen LogP contribution in [0.25, 0.3) is 0 Å². The Morgan fingerprint density at radius 2 is 2.27 bits per heavy atom. The van der Waals surface area contributed by atoms with Crippen LogP contribution in [0, 0.1) is 0 Å². The number of thioether (sulfide) groups is 1. The number of nitrogens with zero attached hydrogens (tertiary/aromatic N) is 1. The van der Waals surface area contributed by atoms with Crippen LogP contribution in [0.5, 0.6) is 0 Å². The van der Waals surface area contributed by atoms with Crippen molar-refractivity contribution in [2.75, 3.05) is 26.0 Å². The van der Waals surface area contributed by atoms with Gasteiger partial charge in [-0.1, -0.05) is 0 Å². The maximum absolute atomic E-state index is 12.3. The van der Waals surface area contributed by atoms with E-state index in [0.29, 0.717) is 25.3 Å². The molecule has 2 heterocycles. The zero-order chi connectivity index (χ0) is 16.3. The highest BCUT2D eigenvalue weighted by Gasteiger charge is 2.53. The Morgan fingerprint density at radius 1 is 1.55 bits per heavy atom. The van der Waals surface area contributed by atoms with Crippen LogP contribution >= 0.6 is 11.8 Å². The maximum atomic E-state index is 12.3. The number of carbonyl (C=O) groups excluding carboxylic acids is 3. The third-order valence-corrected chi connectivity index (χ3v) is 5.49. The van der Waals surface area contributed by atoms with Crippen LogP contribution in [0.1, 0.15) is 26.7 Å². The first-order valence-electron chi connectivity index (χ1n) is 7.32. The molecule has 0 unspecified atom stereocenters. The minimum absolute atomic E-state index is 0.0216. The Labute approximate surface area is 134 Å². The molecule has 0 aromatic heterocycles. The molecule has 2 aliphatic rings. The smallest absolute Gasteiger partial charge is 0.330 e. The van der Waals surface area contributed by atoms with Gasteiger partial charge in [0.2, 0.25) is 5.91 Å². The summed E-state index contributed by atoms with van der Waals surface area (Å²) in [6.45, 7) is 4.25. The van der Waals surface area contributed by atoms with Crippen molar-refractivity contribution in [1.82, 2.24) is 10.2 Å². The van der Waals surface area contributed by atoms with Gasteiger partial charge in [-0.2, -0.15) is 0 Å². The number of nitrogens with one attached hydrogen (secondary N) is 1. The summed E-state index contributed by atoms with van der Waals surface area (Å²) >= 11 is 1.59. The van der Waals surface area contributed by atoms with Crippen LogP contribution in [0.2, 0.25) is 0 Å². The number of rotatable bonds is 6. The molecule has 0 saturated carbocycles. The van der Waals surface area contributed by atoms with Gasteiger partial charge in [-0.05, 0) is 20.3 Å². The molecule has 3 atom stereocenters. The first-order valence-corrected chi connectivity index (χ1v) is 8.31. The number of hydrogen-bond acceptors (Lipinski definition) is 6. The summed E-state index contributed by atoms with van der Waals surface area (Å²) in [4.78, 5) is 37.4. The zero-order valence-corrected chi connectivity index (χ0v) is 13.9. The van der Waals surface area contributed by atoms with Crippen molar-refractivity contribution < 1.29 is 23.9 Å². The molecule has 0 bridgehead atoms. The fourth-order valence-corrected chi connectivity index (χ4v) is 4.14. The lowest BCUT2D eigenvalue weighted by Crippen LogP contribution is -2.48. The van der Waals surface area contributed by atoms with Crippen molar-refractivity contribution in [3.05, 3.63) is 0 Å². The summed E-state index contributed by atoms with van der Waals surface area (Å²) in [5.74, 6) is -0.391. The Balaban J connectivity index is 1.89. The molecule has 2 aliphatic heterocycles. The second kappa shape index (κ2) is 6.87. The fourth-order valence-electron chi connectivity index (χ4n) is 2.72. The summed E-state index contributed by atoms with van der Waals surface area (Å²) in [7, 11) is 1.54. The molecular formula is C14H22N2O5S. The second-order valence-electron chi connectivity index (χ2n) is 5.63. The molecule has 0 aromatic carbocycles. The van der Waals surface area contributed by atoms with Gasteiger partial charge in [0.25, 0.3) is 5.91 Å². The summed E-state index contributed by atoms with van der Waals surface area (Å²) in [6, 6.07) is -0.598. The molecule has 22 heavy (non-hydrogen) atoms. The lowest BCUT2D eigenvalue weighted by Gasteiger charge is -2.29. The largest absolute Gasteiger partial charge is 0.451 e. The van der Waals surface area contributed by atoms with E-state index in [9.17, 15) is 14.4 Å². The first-order chi connectivity index (χ1) is 10.4. The van der Waals surface area contributed by atoms with E-state index in [0.717, 1.165) is 6.42 Å². The number of ether oxygens (including phenoxy) is 2. The van der Waals surface area contributed by atoms with Crippen molar-refractivity contribution in [3.8, 4) is 0 Å². The van der Waals surface area contributed by atoms with E-state index < -0.39 is 18.1 Å². The van der Waals surface area contributed by atoms with Crippen LogP contribution in [-0.2, 0) is 23.9 Å². The normalized spacial score (nSPS) is 28.4. The highest BCUT2D eigenvalue weighted by atomic mass is 32.2. The lowest BCUT2D eigenvalue weighted by molar-refractivity contribution is -0.161. The minimum atomic E-state index is -0.890. The van der Waals surface area contributed by atoms with E-state index in [2.05, 4.69) is 5.32 Å². The minimum Gasteiger partial charge on any atom is -0.451 e. The first kappa shape index (κ1) is 17.1. The molecule has 2 amide bonds. The van der Waals surface area contributed by atoms with Crippen LogP contribution in [-0.4, -0.2) is 65.7 Å². The topological polar surface area (TPSA) is 84.9 Å². The Hall–Kier alpha value is -1.28. The molecule has 7 nitrogen and oxygen atoms in total. The second-order valence-corrected chi connectivity index (χ2v) is 7.13. The van der Waals surface area contributed by atoms with E-state index in [1.54, 1.807) is 16.7 Å². The molecule has 124 valence electrons. The SMILES string of the molecule is COCCNC(=O)[C@@H](C)OC(=O)[C@H]1CS[C@@]2(C)CCC(=O)N12. The van der Waals surface area contributed by atoms with Crippen LogP contribution < -0.4 is 5.32 Å². The van der Waals surface area contributed by atoms with Crippen molar-refractivity contribution >= 4 is 29.5 Å². The molecule has 8 heteroatoms. The van der Waals surface area contributed by atoms with Gasteiger partial charge < -0.3 is 19.7 Å². The monoisotopic (exact) mass is 330 g/mol.